The fourth-order valence-electron chi connectivity index (χ4n) is 4.74. The van der Waals surface area contributed by atoms with Crippen molar-refractivity contribution in [3.63, 3.8) is 0 Å². The molecule has 2 fully saturated rings. The molecule has 2 saturated heterocycles. The van der Waals surface area contributed by atoms with Gasteiger partial charge in [-0.25, -0.2) is 4.98 Å². The van der Waals surface area contributed by atoms with Gasteiger partial charge in [0.15, 0.2) is 11.4 Å². The molecular formula is C25H29N7O2. The number of benzene rings is 1. The molecule has 0 bridgehead atoms. The highest BCUT2D eigenvalue weighted by Gasteiger charge is 2.26. The van der Waals surface area contributed by atoms with Crippen molar-refractivity contribution >= 4 is 28.7 Å². The van der Waals surface area contributed by atoms with Crippen molar-refractivity contribution < 1.29 is 9.15 Å². The van der Waals surface area contributed by atoms with Crippen LogP contribution < -0.4 is 10.2 Å². The Morgan fingerprint density at radius 1 is 1.00 bits per heavy atom. The van der Waals surface area contributed by atoms with Crippen molar-refractivity contribution in [2.45, 2.75) is 18.8 Å². The average Bonchev–Trinajstić information content (AvgIpc) is 3.52. The van der Waals surface area contributed by atoms with Crippen molar-refractivity contribution in [3.8, 4) is 11.3 Å². The van der Waals surface area contributed by atoms with E-state index in [0.29, 0.717) is 25.1 Å². The van der Waals surface area contributed by atoms with E-state index in [1.807, 2.05) is 36.4 Å². The molecule has 0 radical (unpaired) electrons. The molecule has 2 N–H and O–H groups in total. The van der Waals surface area contributed by atoms with Gasteiger partial charge in [-0.2, -0.15) is 10.1 Å². The predicted molar refractivity (Wildman–Crippen MR) is 132 cm³/mol. The van der Waals surface area contributed by atoms with Gasteiger partial charge >= 0.3 is 0 Å². The second-order valence-electron chi connectivity index (χ2n) is 9.07. The van der Waals surface area contributed by atoms with Crippen molar-refractivity contribution in [2.75, 3.05) is 56.7 Å². The Hall–Kier alpha value is -3.43. The zero-order valence-electron chi connectivity index (χ0n) is 19.3. The molecule has 5 heterocycles. The summed E-state index contributed by atoms with van der Waals surface area (Å²) in [7, 11) is 2.17. The van der Waals surface area contributed by atoms with E-state index in [2.05, 4.69) is 38.4 Å². The summed E-state index contributed by atoms with van der Waals surface area (Å²) in [6, 6.07) is 14.1. The van der Waals surface area contributed by atoms with Gasteiger partial charge < -0.3 is 24.3 Å². The molecule has 9 heteroatoms. The first-order valence-corrected chi connectivity index (χ1v) is 11.9. The number of rotatable bonds is 5. The van der Waals surface area contributed by atoms with Crippen LogP contribution in [0.5, 0.6) is 0 Å². The summed E-state index contributed by atoms with van der Waals surface area (Å²) in [5, 5.41) is 10.8. The highest BCUT2D eigenvalue weighted by atomic mass is 16.5. The molecule has 34 heavy (non-hydrogen) atoms. The molecule has 9 nitrogen and oxygen atoms in total. The Kier molecular flexibility index (Phi) is 5.64. The summed E-state index contributed by atoms with van der Waals surface area (Å²) in [6.07, 6.45) is 2.19. The monoisotopic (exact) mass is 459 g/mol. The van der Waals surface area contributed by atoms with Crippen LogP contribution in [0.2, 0.25) is 0 Å². The maximum atomic E-state index is 6.42. The van der Waals surface area contributed by atoms with Crippen molar-refractivity contribution in [1.82, 2.24) is 25.1 Å². The van der Waals surface area contributed by atoms with Crippen molar-refractivity contribution in [2.24, 2.45) is 0 Å². The third kappa shape index (κ3) is 4.24. The first kappa shape index (κ1) is 21.1. The summed E-state index contributed by atoms with van der Waals surface area (Å²) in [5.74, 6) is 3.51. The average molecular weight is 460 g/mol. The third-order valence-electron chi connectivity index (χ3n) is 6.70. The van der Waals surface area contributed by atoms with Crippen molar-refractivity contribution in [1.29, 1.82) is 0 Å². The topological polar surface area (TPSA) is 95.3 Å². The molecule has 0 unspecified atom stereocenters. The van der Waals surface area contributed by atoms with E-state index in [9.17, 15) is 0 Å². The van der Waals surface area contributed by atoms with Gasteiger partial charge in [-0.15, -0.1) is 0 Å². The Morgan fingerprint density at radius 3 is 2.59 bits per heavy atom. The van der Waals surface area contributed by atoms with Gasteiger partial charge in [-0.1, -0.05) is 30.3 Å². The summed E-state index contributed by atoms with van der Waals surface area (Å²) < 4.78 is 12.0. The van der Waals surface area contributed by atoms with E-state index >= 15 is 0 Å². The lowest BCUT2D eigenvalue weighted by Crippen LogP contribution is -2.37. The number of nitrogens with one attached hydrogen (secondary N) is 2. The van der Waals surface area contributed by atoms with Gasteiger partial charge in [-0.05, 0) is 33.0 Å². The van der Waals surface area contributed by atoms with Crippen LogP contribution in [0.3, 0.4) is 0 Å². The number of fused-ring (bicyclic) bond motifs is 1. The molecule has 176 valence electrons. The van der Waals surface area contributed by atoms with E-state index in [0.717, 1.165) is 78.8 Å². The second-order valence-corrected chi connectivity index (χ2v) is 9.07. The number of morpholine rings is 1. The van der Waals surface area contributed by atoms with Gasteiger partial charge in [0.05, 0.1) is 18.9 Å². The molecule has 0 saturated carbocycles. The minimum Gasteiger partial charge on any atom is -0.455 e. The van der Waals surface area contributed by atoms with Crippen LogP contribution in [0.25, 0.3) is 22.4 Å². The maximum Gasteiger partial charge on any atom is 0.231 e. The largest absolute Gasteiger partial charge is 0.455 e. The number of hydrogen-bond donors (Lipinski definition) is 2. The number of likely N-dealkylation sites (tertiary alicyclic amines) is 1. The predicted octanol–water partition coefficient (Wildman–Crippen LogP) is 4.00. The molecule has 2 aliphatic rings. The molecule has 6 rings (SSSR count). The molecule has 3 aromatic heterocycles. The molecule has 0 atom stereocenters. The number of aromatic amines is 1. The van der Waals surface area contributed by atoms with E-state index in [1.54, 1.807) is 0 Å². The van der Waals surface area contributed by atoms with E-state index < -0.39 is 0 Å². The third-order valence-corrected chi connectivity index (χ3v) is 6.70. The first-order valence-electron chi connectivity index (χ1n) is 11.9. The second kappa shape index (κ2) is 9.08. The highest BCUT2D eigenvalue weighted by molar-refractivity contribution is 5.86. The van der Waals surface area contributed by atoms with Crippen LogP contribution in [-0.4, -0.2) is 71.5 Å². The van der Waals surface area contributed by atoms with Crippen LogP contribution in [-0.2, 0) is 4.74 Å². The lowest BCUT2D eigenvalue weighted by atomic mass is 9.95. The minimum absolute atomic E-state index is 0.417. The molecule has 2 aliphatic heterocycles. The van der Waals surface area contributed by atoms with Gasteiger partial charge in [0, 0.05) is 36.7 Å². The summed E-state index contributed by atoms with van der Waals surface area (Å²) in [5.41, 5.74) is 3.51. The molecule has 0 spiro atoms. The number of furan rings is 1. The SMILES string of the molecule is CN1CCC(c2cc3nc(Nc4cc(-c5ccccc5)n[nH]4)nc(N4CCOCC4)c3o2)CC1. The Morgan fingerprint density at radius 2 is 1.79 bits per heavy atom. The quantitative estimate of drug-likeness (QED) is 0.462. The molecule has 0 amide bonds. The van der Waals surface area contributed by atoms with Gasteiger partial charge in [0.2, 0.25) is 5.95 Å². The number of piperidine rings is 1. The van der Waals surface area contributed by atoms with Crippen molar-refractivity contribution in [3.05, 3.63) is 48.2 Å². The van der Waals surface area contributed by atoms with Gasteiger partial charge in [0.25, 0.3) is 0 Å². The Balaban J connectivity index is 1.33. The first-order chi connectivity index (χ1) is 16.7. The number of anilines is 3. The lowest BCUT2D eigenvalue weighted by Gasteiger charge is -2.28. The van der Waals surface area contributed by atoms with Crippen LogP contribution in [0.15, 0.2) is 46.9 Å². The standard InChI is InChI=1S/C25H29N7O2/c1-31-9-7-18(8-10-31)21-15-20-23(34-21)24(32-11-13-33-14-12-32)28-25(26-20)27-22-16-19(29-30-22)17-5-3-2-4-6-17/h2-6,15-16,18H,7-14H2,1H3,(H2,26,27,28,29,30). The highest BCUT2D eigenvalue weighted by Crippen LogP contribution is 2.35. The van der Waals surface area contributed by atoms with Crippen LogP contribution in [0.4, 0.5) is 17.6 Å². The van der Waals surface area contributed by atoms with Crippen LogP contribution in [0.1, 0.15) is 24.5 Å². The number of nitrogens with zero attached hydrogens (tertiary/aromatic N) is 5. The van der Waals surface area contributed by atoms with Crippen LogP contribution in [0, 0.1) is 0 Å². The minimum atomic E-state index is 0.417. The molecular weight excluding hydrogens is 430 g/mol. The molecule has 1 aromatic carbocycles. The van der Waals surface area contributed by atoms with E-state index in [1.165, 1.54) is 0 Å². The van der Waals surface area contributed by atoms with E-state index in [-0.39, 0.29) is 0 Å². The molecule has 0 aliphatic carbocycles. The normalized spacial score (nSPS) is 18.0. The number of ether oxygens (including phenoxy) is 1. The number of aromatic nitrogens is 4. The lowest BCUT2D eigenvalue weighted by molar-refractivity contribution is 0.122. The number of H-pyrrole nitrogens is 1. The molecule has 4 aromatic rings. The summed E-state index contributed by atoms with van der Waals surface area (Å²) in [4.78, 5) is 14.3. The zero-order valence-corrected chi connectivity index (χ0v) is 19.3. The van der Waals surface area contributed by atoms with Gasteiger partial charge in [0.1, 0.15) is 17.1 Å². The Bertz CT molecular complexity index is 1260. The fourth-order valence-corrected chi connectivity index (χ4v) is 4.74. The maximum absolute atomic E-state index is 6.42. The summed E-state index contributed by atoms with van der Waals surface area (Å²) in [6.45, 7) is 5.08. The smallest absolute Gasteiger partial charge is 0.231 e. The van der Waals surface area contributed by atoms with Crippen LogP contribution >= 0.6 is 0 Å². The number of hydrogen-bond acceptors (Lipinski definition) is 8. The Labute approximate surface area is 198 Å². The summed E-state index contributed by atoms with van der Waals surface area (Å²) >= 11 is 0. The fraction of sp³-hybridized carbons (Fsp3) is 0.400. The van der Waals surface area contributed by atoms with Gasteiger partial charge in [-0.3, -0.25) is 5.10 Å². The zero-order chi connectivity index (χ0) is 22.9. The van der Waals surface area contributed by atoms with E-state index in [4.69, 9.17) is 19.1 Å².